The van der Waals surface area contributed by atoms with Gasteiger partial charge in [-0.25, -0.2) is 0 Å². The monoisotopic (exact) mass is 348 g/mol. The summed E-state index contributed by atoms with van der Waals surface area (Å²) in [5.41, 5.74) is 1.96. The lowest BCUT2D eigenvalue weighted by Gasteiger charge is -2.12. The fraction of sp³-hybridized carbons (Fsp3) is 0.211. The molecule has 2 aliphatic rings. The Morgan fingerprint density at radius 3 is 2.42 bits per heavy atom. The molecule has 0 unspecified atom stereocenters. The molecule has 2 aromatic carbocycles. The van der Waals surface area contributed by atoms with Crippen LogP contribution in [-0.2, 0) is 4.79 Å². The molecule has 130 valence electrons. The van der Waals surface area contributed by atoms with Gasteiger partial charge in [-0.15, -0.1) is 0 Å². The molecule has 1 aliphatic carbocycles. The summed E-state index contributed by atoms with van der Waals surface area (Å²) in [5, 5.41) is 16.6. The molecule has 1 atom stereocenters. The molecule has 4 rings (SSSR count). The van der Waals surface area contributed by atoms with Crippen molar-refractivity contribution in [3.8, 4) is 0 Å². The van der Waals surface area contributed by atoms with Crippen LogP contribution in [0.4, 0.5) is 11.4 Å². The minimum Gasteiger partial charge on any atom is -0.293 e. The van der Waals surface area contributed by atoms with Gasteiger partial charge in [-0.3, -0.25) is 19.9 Å². The van der Waals surface area contributed by atoms with Crippen LogP contribution in [0.3, 0.4) is 0 Å². The molecule has 2 aromatic rings. The van der Waals surface area contributed by atoms with Crippen LogP contribution >= 0.6 is 0 Å². The molecular formula is C19H16N4O3. The third-order valence-corrected chi connectivity index (χ3v) is 4.34. The molecule has 26 heavy (non-hydrogen) atoms. The summed E-state index contributed by atoms with van der Waals surface area (Å²) in [7, 11) is 0. The van der Waals surface area contributed by atoms with E-state index in [2.05, 4.69) is 10.1 Å². The number of anilines is 1. The van der Waals surface area contributed by atoms with Crippen LogP contribution in [0.1, 0.15) is 18.4 Å². The molecule has 7 nitrogen and oxygen atoms in total. The average molecular weight is 348 g/mol. The molecule has 0 aromatic heterocycles. The smallest absolute Gasteiger partial charge is 0.269 e. The Balaban J connectivity index is 1.69. The van der Waals surface area contributed by atoms with Crippen LogP contribution in [0.15, 0.2) is 64.7 Å². The average Bonchev–Trinajstić information content (AvgIpc) is 3.44. The van der Waals surface area contributed by atoms with E-state index in [1.54, 1.807) is 6.21 Å². The fourth-order valence-electron chi connectivity index (χ4n) is 2.78. The van der Waals surface area contributed by atoms with Gasteiger partial charge in [0.25, 0.3) is 11.6 Å². The van der Waals surface area contributed by atoms with E-state index >= 15 is 0 Å². The van der Waals surface area contributed by atoms with Gasteiger partial charge in [-0.05, 0) is 30.5 Å². The van der Waals surface area contributed by atoms with Gasteiger partial charge in [0.1, 0.15) is 5.92 Å². The normalized spacial score (nSPS) is 19.8. The van der Waals surface area contributed by atoms with Crippen LogP contribution in [-0.4, -0.2) is 28.8 Å². The van der Waals surface area contributed by atoms with Gasteiger partial charge in [0.2, 0.25) is 0 Å². The van der Waals surface area contributed by atoms with Crippen molar-refractivity contribution in [3.05, 3.63) is 70.3 Å². The molecule has 1 amide bonds. The number of non-ortho nitro benzene ring substituents is 1. The van der Waals surface area contributed by atoms with Gasteiger partial charge >= 0.3 is 0 Å². The van der Waals surface area contributed by atoms with Crippen molar-refractivity contribution < 1.29 is 9.72 Å². The summed E-state index contributed by atoms with van der Waals surface area (Å²) in [6.45, 7) is 0. The highest BCUT2D eigenvalue weighted by molar-refractivity contribution is 6.29. The molecule has 0 N–H and O–H groups in total. The predicted molar refractivity (Wildman–Crippen MR) is 98.6 cm³/mol. The highest BCUT2D eigenvalue weighted by Crippen LogP contribution is 2.29. The summed E-state index contributed by atoms with van der Waals surface area (Å²) < 4.78 is 0. The largest absolute Gasteiger partial charge is 0.293 e. The van der Waals surface area contributed by atoms with Crippen LogP contribution in [0, 0.1) is 16.0 Å². The van der Waals surface area contributed by atoms with E-state index in [0.29, 0.717) is 17.4 Å². The Hall–Kier alpha value is -3.35. The number of nitro benzene ring substituents is 1. The lowest BCUT2D eigenvalue weighted by Crippen LogP contribution is -2.28. The van der Waals surface area contributed by atoms with Gasteiger partial charge in [-0.1, -0.05) is 30.3 Å². The molecule has 7 heteroatoms. The molecule has 1 saturated carbocycles. The first-order chi connectivity index (χ1) is 12.6. The number of hydrogen-bond acceptors (Lipinski definition) is 5. The Labute approximate surface area is 149 Å². The van der Waals surface area contributed by atoms with Crippen molar-refractivity contribution in [2.24, 2.45) is 16.0 Å². The first kappa shape index (κ1) is 16.1. The summed E-state index contributed by atoms with van der Waals surface area (Å²) in [5.74, 6) is -0.754. The van der Waals surface area contributed by atoms with E-state index in [1.165, 1.54) is 29.3 Å². The molecule has 0 spiro atoms. The van der Waals surface area contributed by atoms with Crippen LogP contribution < -0.4 is 5.01 Å². The van der Waals surface area contributed by atoms with Gasteiger partial charge in [0, 0.05) is 24.4 Å². The van der Waals surface area contributed by atoms with Crippen LogP contribution in [0.2, 0.25) is 0 Å². The Morgan fingerprint density at radius 1 is 1.12 bits per heavy atom. The minimum atomic E-state index is -0.548. The summed E-state index contributed by atoms with van der Waals surface area (Å²) in [6, 6.07) is 15.6. The van der Waals surface area contributed by atoms with Gasteiger partial charge in [0.15, 0.2) is 0 Å². The van der Waals surface area contributed by atoms with Crippen molar-refractivity contribution in [1.82, 2.24) is 0 Å². The van der Waals surface area contributed by atoms with Gasteiger partial charge in [0.05, 0.1) is 16.3 Å². The number of benzene rings is 2. The molecule has 1 heterocycles. The zero-order chi connectivity index (χ0) is 18.1. The van der Waals surface area contributed by atoms with E-state index in [9.17, 15) is 14.9 Å². The van der Waals surface area contributed by atoms with Crippen molar-refractivity contribution in [2.45, 2.75) is 18.9 Å². The highest BCUT2D eigenvalue weighted by atomic mass is 16.6. The maximum absolute atomic E-state index is 12.9. The SMILES string of the molecule is O=C1[C@H](C=NC2CC2)C(c2ccccc2)=NN1c1ccc([N+](=O)[O-])cc1. The lowest BCUT2D eigenvalue weighted by molar-refractivity contribution is -0.384. The third kappa shape index (κ3) is 3.11. The zero-order valence-electron chi connectivity index (χ0n) is 13.9. The molecule has 0 bridgehead atoms. The standard InChI is InChI=1S/C19H16N4O3/c24-19-17(12-20-14-6-7-14)18(13-4-2-1-3-5-13)21-22(19)15-8-10-16(11-9-15)23(25)26/h1-5,8-12,14,17H,6-7H2/t17-/m1/s1. The van der Waals surface area contributed by atoms with Crippen LogP contribution in [0.5, 0.6) is 0 Å². The van der Waals surface area contributed by atoms with Crippen molar-refractivity contribution in [2.75, 3.05) is 5.01 Å². The van der Waals surface area contributed by atoms with E-state index in [0.717, 1.165) is 18.4 Å². The van der Waals surface area contributed by atoms with Crippen molar-refractivity contribution in [3.63, 3.8) is 0 Å². The zero-order valence-corrected chi connectivity index (χ0v) is 13.9. The number of carbonyl (C=O) groups excluding carboxylic acids is 1. The molecule has 0 saturated heterocycles. The van der Waals surface area contributed by atoms with Gasteiger partial charge in [-0.2, -0.15) is 10.1 Å². The first-order valence-electron chi connectivity index (χ1n) is 8.39. The second-order valence-electron chi connectivity index (χ2n) is 6.28. The Morgan fingerprint density at radius 2 is 1.81 bits per heavy atom. The Bertz CT molecular complexity index is 902. The highest BCUT2D eigenvalue weighted by Gasteiger charge is 2.37. The number of aliphatic imine (C=N–C) groups is 1. The third-order valence-electron chi connectivity index (χ3n) is 4.34. The second kappa shape index (κ2) is 6.51. The second-order valence-corrected chi connectivity index (χ2v) is 6.28. The molecule has 1 aliphatic heterocycles. The molecule has 1 fully saturated rings. The Kier molecular flexibility index (Phi) is 4.04. The first-order valence-corrected chi connectivity index (χ1v) is 8.39. The predicted octanol–water partition coefficient (Wildman–Crippen LogP) is 3.20. The number of nitro groups is 1. The molecule has 0 radical (unpaired) electrons. The number of nitrogens with zero attached hydrogens (tertiary/aromatic N) is 4. The quantitative estimate of drug-likeness (QED) is 0.472. The molecular weight excluding hydrogens is 332 g/mol. The van der Waals surface area contributed by atoms with Crippen LogP contribution in [0.25, 0.3) is 0 Å². The summed E-state index contributed by atoms with van der Waals surface area (Å²) in [4.78, 5) is 27.7. The van der Waals surface area contributed by atoms with E-state index in [4.69, 9.17) is 0 Å². The van der Waals surface area contributed by atoms with E-state index in [-0.39, 0.29) is 11.6 Å². The van der Waals surface area contributed by atoms with E-state index in [1.807, 2.05) is 30.3 Å². The number of hydrogen-bond donors (Lipinski definition) is 0. The number of carbonyl (C=O) groups is 1. The number of hydrazone groups is 1. The number of amides is 1. The summed E-state index contributed by atoms with van der Waals surface area (Å²) >= 11 is 0. The van der Waals surface area contributed by atoms with Gasteiger partial charge < -0.3 is 0 Å². The lowest BCUT2D eigenvalue weighted by atomic mass is 9.98. The summed E-state index contributed by atoms with van der Waals surface area (Å²) in [6.07, 6.45) is 3.81. The fourth-order valence-corrected chi connectivity index (χ4v) is 2.78. The maximum atomic E-state index is 12.9. The number of rotatable bonds is 5. The minimum absolute atomic E-state index is 0.0282. The topological polar surface area (TPSA) is 88.2 Å². The van der Waals surface area contributed by atoms with E-state index < -0.39 is 10.8 Å². The van der Waals surface area contributed by atoms with Crippen molar-refractivity contribution in [1.29, 1.82) is 0 Å². The maximum Gasteiger partial charge on any atom is 0.269 e. The van der Waals surface area contributed by atoms with Crippen molar-refractivity contribution >= 4 is 29.2 Å².